The van der Waals surface area contributed by atoms with Crippen LogP contribution in [0, 0.1) is 12.1 Å². The van der Waals surface area contributed by atoms with Gasteiger partial charge in [-0.1, -0.05) is 6.07 Å². The first kappa shape index (κ1) is 28.5. The van der Waals surface area contributed by atoms with Crippen LogP contribution in [0.3, 0.4) is 0 Å². The van der Waals surface area contributed by atoms with Crippen molar-refractivity contribution in [2.24, 2.45) is 0 Å². The Morgan fingerprint density at radius 1 is 0.600 bits per heavy atom. The average molecular weight is 450 g/mol. The van der Waals surface area contributed by atoms with Gasteiger partial charge < -0.3 is 6.15 Å². The fourth-order valence-electron chi connectivity index (χ4n) is 1.75. The predicted octanol–water partition coefficient (Wildman–Crippen LogP) is 7.09. The molecule has 25 heavy (non-hydrogen) atoms. The minimum absolute atomic E-state index is 0. The third-order valence-electron chi connectivity index (χ3n) is 2.76. The third kappa shape index (κ3) is 12.7. The summed E-state index contributed by atoms with van der Waals surface area (Å²) in [6.07, 6.45) is 0. The van der Waals surface area contributed by atoms with Crippen molar-refractivity contribution in [3.8, 4) is 0 Å². The van der Waals surface area contributed by atoms with Crippen LogP contribution < -0.4 is 0 Å². The summed E-state index contributed by atoms with van der Waals surface area (Å²) < 4.78 is 0. The van der Waals surface area contributed by atoms with E-state index in [2.05, 4.69) is 54.6 Å². The molecule has 128 valence electrons. The number of fused-ring (bicyclic) bond motifs is 1. The maximum Gasteiger partial charge on any atom is 4.00 e. The Balaban J connectivity index is -0.000000276. The molecule has 0 aromatic heterocycles. The number of hydrogen-bond donors (Lipinski definition) is 0. The Labute approximate surface area is 182 Å². The molecule has 0 atom stereocenters. The molecule has 0 bridgehead atoms. The van der Waals surface area contributed by atoms with Gasteiger partial charge in [-0.2, -0.15) is 90.3 Å². The second-order valence-electron chi connectivity index (χ2n) is 4.31. The summed E-state index contributed by atoms with van der Waals surface area (Å²) in [6, 6.07) is 39.7. The Morgan fingerprint density at radius 3 is 1.44 bits per heavy atom. The number of benzene rings is 3. The van der Waals surface area contributed by atoms with Gasteiger partial charge in [0, 0.05) is 0 Å². The monoisotopic (exact) mass is 447 g/mol. The van der Waals surface area contributed by atoms with Crippen LogP contribution in [0.4, 0.5) is 0 Å². The number of halogens is 2. The molecular formula is C21H21Cl2NZr. The minimum atomic E-state index is 0. The molecule has 0 amide bonds. The molecular weight excluding hydrogens is 428 g/mol. The number of nitrogens with two attached hydrogens (primary N) is 1. The van der Waals surface area contributed by atoms with Crippen LogP contribution in [0.1, 0.15) is 0 Å². The predicted molar refractivity (Wildman–Crippen MR) is 110 cm³/mol. The van der Waals surface area contributed by atoms with Crippen molar-refractivity contribution >= 4 is 35.6 Å². The molecule has 4 aromatic rings. The van der Waals surface area contributed by atoms with Gasteiger partial charge in [-0.3, -0.25) is 0 Å². The van der Waals surface area contributed by atoms with E-state index in [-0.39, 0.29) is 57.2 Å². The molecule has 0 saturated heterocycles. The zero-order valence-corrected chi connectivity index (χ0v) is 17.8. The van der Waals surface area contributed by atoms with E-state index in [0.717, 1.165) is 0 Å². The van der Waals surface area contributed by atoms with Gasteiger partial charge in [-0.05, 0) is 0 Å². The summed E-state index contributed by atoms with van der Waals surface area (Å²) in [5, 5.41) is 2.66. The van der Waals surface area contributed by atoms with E-state index in [0.29, 0.717) is 0 Å². The second kappa shape index (κ2) is 19.0. The van der Waals surface area contributed by atoms with E-state index < -0.39 is 0 Å². The number of rotatable bonds is 0. The Kier molecular flexibility index (Phi) is 21.7. The SMILES string of the molecule is Cl.Cl.[NH2-].[Zr+4].[c-]1ccccc1.[c-]1ccccc1.c1ccc2[cH-]ccc2c1. The smallest absolute Gasteiger partial charge is 0.693 e. The quantitative estimate of drug-likeness (QED) is 0.257. The zero-order valence-electron chi connectivity index (χ0n) is 13.7. The molecule has 2 N–H and O–H groups in total. The topological polar surface area (TPSA) is 33.5 Å². The summed E-state index contributed by atoms with van der Waals surface area (Å²) >= 11 is 0. The van der Waals surface area contributed by atoms with Gasteiger partial charge in [0.15, 0.2) is 0 Å². The van der Waals surface area contributed by atoms with Crippen molar-refractivity contribution < 1.29 is 26.2 Å². The van der Waals surface area contributed by atoms with Gasteiger partial charge in [0.1, 0.15) is 0 Å². The van der Waals surface area contributed by atoms with Crippen molar-refractivity contribution in [1.29, 1.82) is 0 Å². The van der Waals surface area contributed by atoms with Crippen molar-refractivity contribution in [3.63, 3.8) is 0 Å². The van der Waals surface area contributed by atoms with Gasteiger partial charge in [0.25, 0.3) is 0 Å². The van der Waals surface area contributed by atoms with Crippen LogP contribution in [-0.2, 0) is 26.2 Å². The first-order valence-corrected chi connectivity index (χ1v) is 6.89. The first-order chi connectivity index (χ1) is 10.5. The Morgan fingerprint density at radius 2 is 1.08 bits per heavy atom. The van der Waals surface area contributed by atoms with E-state index in [1.54, 1.807) is 0 Å². The summed E-state index contributed by atoms with van der Waals surface area (Å²) in [4.78, 5) is 0. The van der Waals surface area contributed by atoms with Gasteiger partial charge in [0.05, 0.1) is 0 Å². The van der Waals surface area contributed by atoms with Gasteiger partial charge in [0.2, 0.25) is 0 Å². The molecule has 4 heteroatoms. The summed E-state index contributed by atoms with van der Waals surface area (Å²) in [5.41, 5.74) is 0. The van der Waals surface area contributed by atoms with E-state index in [1.165, 1.54) is 10.8 Å². The standard InChI is InChI=1S/C9H7.2C6H5.2ClH.H2N.Zr/c1-2-5-9-7-3-6-8(9)4-1;2*1-2-4-6-5-3-1;;;;/h1-7H;2*1-5H;2*1H;1H2;/q3*-1;;;-1;+4. The molecule has 0 fully saturated rings. The maximum absolute atomic E-state index is 2.89. The van der Waals surface area contributed by atoms with Crippen LogP contribution in [0.2, 0.25) is 0 Å². The second-order valence-corrected chi connectivity index (χ2v) is 4.31. The molecule has 4 aromatic carbocycles. The first-order valence-electron chi connectivity index (χ1n) is 6.89. The van der Waals surface area contributed by atoms with Crippen LogP contribution in [0.25, 0.3) is 16.9 Å². The summed E-state index contributed by atoms with van der Waals surface area (Å²) in [6.45, 7) is 0. The van der Waals surface area contributed by atoms with Crippen molar-refractivity contribution in [2.75, 3.05) is 0 Å². The normalized spacial score (nSPS) is 7.52. The van der Waals surface area contributed by atoms with Gasteiger partial charge in [-0.25, -0.2) is 0 Å². The third-order valence-corrected chi connectivity index (χ3v) is 2.76. The van der Waals surface area contributed by atoms with Gasteiger partial charge in [-0.15, -0.1) is 54.5 Å². The molecule has 0 heterocycles. The summed E-state index contributed by atoms with van der Waals surface area (Å²) in [7, 11) is 0. The van der Waals surface area contributed by atoms with Gasteiger partial charge >= 0.3 is 26.2 Å². The fraction of sp³-hybridized carbons (Fsp3) is 0. The minimum Gasteiger partial charge on any atom is -0.693 e. The molecule has 0 aliphatic heterocycles. The van der Waals surface area contributed by atoms with E-state index in [1.807, 2.05) is 60.7 Å². The molecule has 0 unspecified atom stereocenters. The molecule has 0 aliphatic rings. The molecule has 0 aliphatic carbocycles. The Hall–Kier alpha value is -1.31. The van der Waals surface area contributed by atoms with Crippen LogP contribution in [0.5, 0.6) is 0 Å². The van der Waals surface area contributed by atoms with Crippen molar-refractivity contribution in [3.05, 3.63) is 121 Å². The van der Waals surface area contributed by atoms with E-state index in [9.17, 15) is 0 Å². The van der Waals surface area contributed by atoms with Crippen molar-refractivity contribution in [1.82, 2.24) is 0 Å². The van der Waals surface area contributed by atoms with Crippen molar-refractivity contribution in [2.45, 2.75) is 0 Å². The Bertz CT molecular complexity index is 600. The molecule has 1 nitrogen and oxygen atoms in total. The van der Waals surface area contributed by atoms with E-state index >= 15 is 0 Å². The maximum atomic E-state index is 2.89. The van der Waals surface area contributed by atoms with Crippen LogP contribution in [-0.4, -0.2) is 0 Å². The molecule has 0 radical (unpaired) electrons. The fourth-order valence-corrected chi connectivity index (χ4v) is 1.75. The average Bonchev–Trinajstić information content (AvgIpc) is 3.08. The van der Waals surface area contributed by atoms with E-state index in [4.69, 9.17) is 0 Å². The summed E-state index contributed by atoms with van der Waals surface area (Å²) in [5.74, 6) is 0. The zero-order chi connectivity index (χ0) is 14.6. The van der Waals surface area contributed by atoms with Crippen LogP contribution in [0.15, 0.2) is 103 Å². The van der Waals surface area contributed by atoms with Crippen LogP contribution >= 0.6 is 24.8 Å². The molecule has 4 rings (SSSR count). The molecule has 0 spiro atoms. The largest absolute Gasteiger partial charge is 4.00 e. The number of hydrogen-bond acceptors (Lipinski definition) is 0. The molecule has 0 saturated carbocycles.